The van der Waals surface area contributed by atoms with Gasteiger partial charge in [0.15, 0.2) is 6.61 Å². The number of hydrogen-bond donors (Lipinski definition) is 3. The van der Waals surface area contributed by atoms with E-state index >= 15 is 0 Å². The van der Waals surface area contributed by atoms with E-state index in [0.29, 0.717) is 17.3 Å². The summed E-state index contributed by atoms with van der Waals surface area (Å²) in [6.07, 6.45) is 3.50. The second-order valence-electron chi connectivity index (χ2n) is 6.36. The normalized spacial score (nSPS) is 11.7. The van der Waals surface area contributed by atoms with Gasteiger partial charge in [0.1, 0.15) is 5.75 Å². The standard InChI is InChI=1S/C19H25ClN4O3/c1-13(19(26)21-9-3-4-15-11-23-24-14(15)2)10-22-18(25)12-27-17-7-5-16(20)6-8-17/h5-8,11,13H,3-4,9-10,12H2,1-2H3,(H,21,26)(H,22,25)(H,23,24). The Labute approximate surface area is 163 Å². The molecular formula is C19H25ClN4O3. The zero-order chi connectivity index (χ0) is 19.6. The molecule has 146 valence electrons. The molecule has 0 aliphatic carbocycles. The third kappa shape index (κ3) is 7.30. The SMILES string of the molecule is Cc1[nH]ncc1CCCNC(=O)C(C)CNC(=O)COc1ccc(Cl)cc1. The van der Waals surface area contributed by atoms with Gasteiger partial charge in [0.2, 0.25) is 5.91 Å². The second-order valence-corrected chi connectivity index (χ2v) is 6.80. The molecule has 1 aromatic carbocycles. The van der Waals surface area contributed by atoms with Crippen molar-refractivity contribution in [2.24, 2.45) is 5.92 Å². The lowest BCUT2D eigenvalue weighted by atomic mass is 10.1. The van der Waals surface area contributed by atoms with E-state index in [1.165, 1.54) is 0 Å². The van der Waals surface area contributed by atoms with Gasteiger partial charge in [0.25, 0.3) is 5.91 Å². The van der Waals surface area contributed by atoms with E-state index in [2.05, 4.69) is 20.8 Å². The molecule has 2 rings (SSSR count). The maximum Gasteiger partial charge on any atom is 0.257 e. The molecule has 0 spiro atoms. The van der Waals surface area contributed by atoms with Crippen molar-refractivity contribution >= 4 is 23.4 Å². The summed E-state index contributed by atoms with van der Waals surface area (Å²) in [5.74, 6) is -0.119. The summed E-state index contributed by atoms with van der Waals surface area (Å²) in [6.45, 7) is 4.48. The third-order valence-electron chi connectivity index (χ3n) is 4.09. The van der Waals surface area contributed by atoms with Crippen molar-refractivity contribution in [2.75, 3.05) is 19.7 Å². The number of amides is 2. The largest absolute Gasteiger partial charge is 0.484 e. The van der Waals surface area contributed by atoms with Crippen molar-refractivity contribution < 1.29 is 14.3 Å². The van der Waals surface area contributed by atoms with Crippen molar-refractivity contribution in [3.8, 4) is 5.75 Å². The molecule has 0 bridgehead atoms. The number of carbonyl (C=O) groups is 2. The van der Waals surface area contributed by atoms with Crippen molar-refractivity contribution in [2.45, 2.75) is 26.7 Å². The van der Waals surface area contributed by atoms with Gasteiger partial charge in [-0.15, -0.1) is 0 Å². The highest BCUT2D eigenvalue weighted by Crippen LogP contribution is 2.15. The second kappa shape index (κ2) is 10.6. The number of aromatic amines is 1. The molecule has 2 aromatic rings. The lowest BCUT2D eigenvalue weighted by Crippen LogP contribution is -2.39. The molecule has 27 heavy (non-hydrogen) atoms. The average molecular weight is 393 g/mol. The molecule has 0 saturated carbocycles. The number of nitrogens with zero attached hydrogens (tertiary/aromatic N) is 1. The molecule has 0 aliphatic rings. The zero-order valence-corrected chi connectivity index (χ0v) is 16.3. The van der Waals surface area contributed by atoms with Gasteiger partial charge in [0, 0.05) is 23.8 Å². The molecule has 7 nitrogen and oxygen atoms in total. The Balaban J connectivity index is 1.58. The van der Waals surface area contributed by atoms with Gasteiger partial charge in [-0.3, -0.25) is 14.7 Å². The predicted molar refractivity (Wildman–Crippen MR) is 104 cm³/mol. The molecule has 1 unspecified atom stereocenters. The number of aryl methyl sites for hydroxylation is 2. The van der Waals surface area contributed by atoms with E-state index in [0.717, 1.165) is 24.1 Å². The predicted octanol–water partition coefficient (Wildman–Crippen LogP) is 2.25. The number of hydrogen-bond acceptors (Lipinski definition) is 4. The summed E-state index contributed by atoms with van der Waals surface area (Å²) in [5.41, 5.74) is 2.21. The molecule has 0 fully saturated rings. The van der Waals surface area contributed by atoms with Crippen LogP contribution >= 0.6 is 11.6 Å². The van der Waals surface area contributed by atoms with Crippen LogP contribution in [0.1, 0.15) is 24.6 Å². The molecule has 1 atom stereocenters. The molecule has 0 radical (unpaired) electrons. The van der Waals surface area contributed by atoms with Crippen molar-refractivity contribution in [3.63, 3.8) is 0 Å². The first-order chi connectivity index (χ1) is 13.0. The van der Waals surface area contributed by atoms with E-state index in [1.807, 2.05) is 6.92 Å². The highest BCUT2D eigenvalue weighted by atomic mass is 35.5. The van der Waals surface area contributed by atoms with Crippen LogP contribution in [0.2, 0.25) is 5.02 Å². The fraction of sp³-hybridized carbons (Fsp3) is 0.421. The lowest BCUT2D eigenvalue weighted by Gasteiger charge is -2.13. The van der Waals surface area contributed by atoms with Crippen LogP contribution in [-0.4, -0.2) is 41.7 Å². The monoisotopic (exact) mass is 392 g/mol. The minimum Gasteiger partial charge on any atom is -0.484 e. The Morgan fingerprint density at radius 2 is 2.00 bits per heavy atom. The maximum atomic E-state index is 12.1. The summed E-state index contributed by atoms with van der Waals surface area (Å²) in [6, 6.07) is 6.76. The first-order valence-electron chi connectivity index (χ1n) is 8.87. The molecule has 3 N–H and O–H groups in total. The van der Waals surface area contributed by atoms with Crippen LogP contribution in [0.25, 0.3) is 0 Å². The van der Waals surface area contributed by atoms with E-state index in [4.69, 9.17) is 16.3 Å². The quantitative estimate of drug-likeness (QED) is 0.540. The summed E-state index contributed by atoms with van der Waals surface area (Å²) in [4.78, 5) is 23.9. The van der Waals surface area contributed by atoms with Crippen molar-refractivity contribution in [3.05, 3.63) is 46.7 Å². The molecule has 0 aliphatic heterocycles. The molecule has 0 saturated heterocycles. The highest BCUT2D eigenvalue weighted by Gasteiger charge is 2.14. The smallest absolute Gasteiger partial charge is 0.257 e. The van der Waals surface area contributed by atoms with Crippen LogP contribution in [0, 0.1) is 12.8 Å². The minimum atomic E-state index is -0.319. The van der Waals surface area contributed by atoms with E-state index in [1.54, 1.807) is 37.4 Å². The van der Waals surface area contributed by atoms with Crippen LogP contribution in [0.3, 0.4) is 0 Å². The summed E-state index contributed by atoms with van der Waals surface area (Å²) in [7, 11) is 0. The molecule has 1 heterocycles. The van der Waals surface area contributed by atoms with E-state index < -0.39 is 0 Å². The lowest BCUT2D eigenvalue weighted by molar-refractivity contribution is -0.125. The Hall–Kier alpha value is -2.54. The fourth-order valence-electron chi connectivity index (χ4n) is 2.38. The van der Waals surface area contributed by atoms with Crippen molar-refractivity contribution in [1.29, 1.82) is 0 Å². The average Bonchev–Trinajstić information content (AvgIpc) is 3.07. The molecular weight excluding hydrogens is 368 g/mol. The van der Waals surface area contributed by atoms with Gasteiger partial charge in [-0.05, 0) is 49.6 Å². The molecule has 2 amide bonds. The van der Waals surface area contributed by atoms with Crippen LogP contribution in [0.4, 0.5) is 0 Å². The number of aromatic nitrogens is 2. The number of rotatable bonds is 10. The number of ether oxygens (including phenoxy) is 1. The van der Waals surface area contributed by atoms with Gasteiger partial charge in [0.05, 0.1) is 12.1 Å². The van der Waals surface area contributed by atoms with Crippen LogP contribution in [0.5, 0.6) is 5.75 Å². The molecule has 1 aromatic heterocycles. The summed E-state index contributed by atoms with van der Waals surface area (Å²) < 4.78 is 5.36. The number of carbonyl (C=O) groups excluding carboxylic acids is 2. The fourth-order valence-corrected chi connectivity index (χ4v) is 2.51. The molecule has 8 heteroatoms. The highest BCUT2D eigenvalue weighted by molar-refractivity contribution is 6.30. The minimum absolute atomic E-state index is 0.0853. The summed E-state index contributed by atoms with van der Waals surface area (Å²) in [5, 5.41) is 13.1. The Bertz CT molecular complexity index is 746. The van der Waals surface area contributed by atoms with Gasteiger partial charge in [-0.25, -0.2) is 0 Å². The van der Waals surface area contributed by atoms with Gasteiger partial charge >= 0.3 is 0 Å². The first-order valence-corrected chi connectivity index (χ1v) is 9.25. The van der Waals surface area contributed by atoms with Gasteiger partial charge < -0.3 is 15.4 Å². The van der Waals surface area contributed by atoms with E-state index in [9.17, 15) is 9.59 Å². The van der Waals surface area contributed by atoms with E-state index in [-0.39, 0.29) is 30.9 Å². The topological polar surface area (TPSA) is 96.1 Å². The number of H-pyrrole nitrogens is 1. The van der Waals surface area contributed by atoms with Crippen LogP contribution in [0.15, 0.2) is 30.5 Å². The van der Waals surface area contributed by atoms with Crippen molar-refractivity contribution in [1.82, 2.24) is 20.8 Å². The first kappa shape index (κ1) is 20.8. The van der Waals surface area contributed by atoms with Crippen LogP contribution in [-0.2, 0) is 16.0 Å². The van der Waals surface area contributed by atoms with Crippen LogP contribution < -0.4 is 15.4 Å². The number of halogens is 1. The van der Waals surface area contributed by atoms with Gasteiger partial charge in [-0.2, -0.15) is 5.10 Å². The Morgan fingerprint density at radius 1 is 1.26 bits per heavy atom. The summed E-state index contributed by atoms with van der Waals surface area (Å²) >= 11 is 5.79. The maximum absolute atomic E-state index is 12.1. The number of benzene rings is 1. The Kier molecular flexibility index (Phi) is 8.13. The Morgan fingerprint density at radius 3 is 2.67 bits per heavy atom. The van der Waals surface area contributed by atoms with Gasteiger partial charge in [-0.1, -0.05) is 18.5 Å². The third-order valence-corrected chi connectivity index (χ3v) is 4.34. The number of nitrogens with one attached hydrogen (secondary N) is 3. The zero-order valence-electron chi connectivity index (χ0n) is 15.5.